The molecule has 0 aromatic carbocycles. The van der Waals surface area contributed by atoms with Crippen molar-refractivity contribution in [1.29, 1.82) is 0 Å². The van der Waals surface area contributed by atoms with E-state index in [1.54, 1.807) is 0 Å². The van der Waals surface area contributed by atoms with Gasteiger partial charge in [-0.05, 0) is 18.6 Å². The topological polar surface area (TPSA) is 42.0 Å². The molecule has 1 amide bonds. The van der Waals surface area contributed by atoms with E-state index < -0.39 is 6.43 Å². The summed E-state index contributed by atoms with van der Waals surface area (Å²) in [5.74, 6) is -0.135. The van der Waals surface area contributed by atoms with Gasteiger partial charge in [-0.1, -0.05) is 6.92 Å². The highest BCUT2D eigenvalue weighted by atomic mass is 19.3. The molecule has 0 atom stereocenters. The van der Waals surface area contributed by atoms with Gasteiger partial charge in [-0.15, -0.1) is 0 Å². The normalized spacial score (nSPS) is 10.4. The molecule has 0 saturated heterocycles. The third-order valence-electron chi connectivity index (χ3n) is 1.77. The van der Waals surface area contributed by atoms with Crippen molar-refractivity contribution in [2.75, 3.05) is 5.32 Å². The molecule has 0 aliphatic heterocycles. The SMILES string of the molecule is CCCC(=O)Nc1ccc(C(F)F)nc1. The Morgan fingerprint density at radius 2 is 2.27 bits per heavy atom. The van der Waals surface area contributed by atoms with E-state index in [1.165, 1.54) is 18.3 Å². The van der Waals surface area contributed by atoms with Gasteiger partial charge in [0, 0.05) is 6.42 Å². The van der Waals surface area contributed by atoms with Gasteiger partial charge in [-0.25, -0.2) is 8.78 Å². The number of halogens is 2. The van der Waals surface area contributed by atoms with E-state index in [9.17, 15) is 13.6 Å². The lowest BCUT2D eigenvalue weighted by Crippen LogP contribution is -2.10. The zero-order chi connectivity index (χ0) is 11.3. The van der Waals surface area contributed by atoms with Crippen LogP contribution in [-0.4, -0.2) is 10.9 Å². The van der Waals surface area contributed by atoms with Crippen molar-refractivity contribution < 1.29 is 13.6 Å². The van der Waals surface area contributed by atoms with Crippen molar-refractivity contribution in [2.24, 2.45) is 0 Å². The van der Waals surface area contributed by atoms with E-state index in [0.29, 0.717) is 12.1 Å². The van der Waals surface area contributed by atoms with Gasteiger partial charge in [-0.2, -0.15) is 0 Å². The Kier molecular flexibility index (Phi) is 4.15. The number of pyridine rings is 1. The second kappa shape index (κ2) is 5.38. The first-order chi connectivity index (χ1) is 7.13. The van der Waals surface area contributed by atoms with Crippen LogP contribution >= 0.6 is 0 Å². The molecule has 1 rings (SSSR count). The van der Waals surface area contributed by atoms with Crippen LogP contribution in [0.1, 0.15) is 31.9 Å². The Morgan fingerprint density at radius 3 is 2.73 bits per heavy atom. The van der Waals surface area contributed by atoms with E-state index in [1.807, 2.05) is 6.92 Å². The predicted octanol–water partition coefficient (Wildman–Crippen LogP) is 2.76. The maximum atomic E-state index is 12.1. The number of anilines is 1. The van der Waals surface area contributed by atoms with Crippen molar-refractivity contribution in [3.05, 3.63) is 24.0 Å². The summed E-state index contributed by atoms with van der Waals surface area (Å²) in [6.07, 6.45) is -0.189. The fourth-order valence-electron chi connectivity index (χ4n) is 1.06. The van der Waals surface area contributed by atoms with Gasteiger partial charge in [-0.3, -0.25) is 9.78 Å². The van der Waals surface area contributed by atoms with Crippen LogP contribution in [0.4, 0.5) is 14.5 Å². The molecule has 0 saturated carbocycles. The molecule has 1 heterocycles. The number of hydrogen-bond donors (Lipinski definition) is 1. The minimum atomic E-state index is -2.58. The van der Waals surface area contributed by atoms with Crippen LogP contribution < -0.4 is 5.32 Å². The number of carbonyl (C=O) groups is 1. The van der Waals surface area contributed by atoms with Gasteiger partial charge in [0.15, 0.2) is 0 Å². The standard InChI is InChI=1S/C10H12F2N2O/c1-2-3-9(15)14-7-4-5-8(10(11)12)13-6-7/h4-6,10H,2-3H2,1H3,(H,14,15). The van der Waals surface area contributed by atoms with Crippen molar-refractivity contribution in [3.63, 3.8) is 0 Å². The zero-order valence-electron chi connectivity index (χ0n) is 8.34. The van der Waals surface area contributed by atoms with Gasteiger partial charge in [0.1, 0.15) is 5.69 Å². The minimum absolute atomic E-state index is 0.135. The molecule has 0 spiro atoms. The highest BCUT2D eigenvalue weighted by Crippen LogP contribution is 2.17. The molecule has 0 fully saturated rings. The first kappa shape index (κ1) is 11.6. The third-order valence-corrected chi connectivity index (χ3v) is 1.77. The summed E-state index contributed by atoms with van der Waals surface area (Å²) >= 11 is 0. The fourth-order valence-corrected chi connectivity index (χ4v) is 1.06. The molecule has 0 unspecified atom stereocenters. The van der Waals surface area contributed by atoms with Crippen LogP contribution in [0.15, 0.2) is 18.3 Å². The summed E-state index contributed by atoms with van der Waals surface area (Å²) in [6.45, 7) is 1.89. The molecular formula is C10H12F2N2O. The Morgan fingerprint density at radius 1 is 1.53 bits per heavy atom. The van der Waals surface area contributed by atoms with Crippen LogP contribution in [0.2, 0.25) is 0 Å². The quantitative estimate of drug-likeness (QED) is 0.837. The minimum Gasteiger partial charge on any atom is -0.325 e. The first-order valence-corrected chi connectivity index (χ1v) is 4.67. The Balaban J connectivity index is 2.60. The smallest absolute Gasteiger partial charge is 0.280 e. The number of alkyl halides is 2. The maximum Gasteiger partial charge on any atom is 0.280 e. The molecule has 0 aliphatic rings. The lowest BCUT2D eigenvalue weighted by Gasteiger charge is -2.04. The average Bonchev–Trinajstić information content (AvgIpc) is 2.18. The van der Waals surface area contributed by atoms with Crippen molar-refractivity contribution >= 4 is 11.6 Å². The molecule has 1 N–H and O–H groups in total. The van der Waals surface area contributed by atoms with Crippen LogP contribution in [-0.2, 0) is 4.79 Å². The summed E-state index contributed by atoms with van der Waals surface area (Å²) in [7, 11) is 0. The van der Waals surface area contributed by atoms with E-state index >= 15 is 0 Å². The number of carbonyl (C=O) groups excluding carboxylic acids is 1. The lowest BCUT2D eigenvalue weighted by molar-refractivity contribution is -0.116. The molecule has 82 valence electrons. The molecule has 15 heavy (non-hydrogen) atoms. The van der Waals surface area contributed by atoms with E-state index in [2.05, 4.69) is 10.3 Å². The van der Waals surface area contributed by atoms with Crippen LogP contribution in [0.3, 0.4) is 0 Å². The van der Waals surface area contributed by atoms with Crippen molar-refractivity contribution in [3.8, 4) is 0 Å². The molecule has 3 nitrogen and oxygen atoms in total. The monoisotopic (exact) mass is 214 g/mol. The Hall–Kier alpha value is -1.52. The number of rotatable bonds is 4. The molecule has 1 aromatic heterocycles. The van der Waals surface area contributed by atoms with Crippen LogP contribution in [0.5, 0.6) is 0 Å². The Labute approximate surface area is 86.5 Å². The highest BCUT2D eigenvalue weighted by Gasteiger charge is 2.08. The summed E-state index contributed by atoms with van der Waals surface area (Å²) < 4.78 is 24.3. The fraction of sp³-hybridized carbons (Fsp3) is 0.400. The second-order valence-electron chi connectivity index (χ2n) is 3.07. The number of nitrogens with one attached hydrogen (secondary N) is 1. The maximum absolute atomic E-state index is 12.1. The van der Waals surface area contributed by atoms with Gasteiger partial charge >= 0.3 is 0 Å². The molecule has 0 radical (unpaired) electrons. The van der Waals surface area contributed by atoms with Crippen LogP contribution in [0, 0.1) is 0 Å². The van der Waals surface area contributed by atoms with Gasteiger partial charge in [0.25, 0.3) is 6.43 Å². The number of aromatic nitrogens is 1. The summed E-state index contributed by atoms with van der Waals surface area (Å²) in [4.78, 5) is 14.7. The molecular weight excluding hydrogens is 202 g/mol. The van der Waals surface area contributed by atoms with Crippen molar-refractivity contribution in [2.45, 2.75) is 26.2 Å². The van der Waals surface area contributed by atoms with Gasteiger partial charge < -0.3 is 5.32 Å². The van der Waals surface area contributed by atoms with Crippen LogP contribution in [0.25, 0.3) is 0 Å². The molecule has 0 bridgehead atoms. The third kappa shape index (κ3) is 3.61. The van der Waals surface area contributed by atoms with Crippen molar-refractivity contribution in [1.82, 2.24) is 4.98 Å². The van der Waals surface area contributed by atoms with E-state index in [0.717, 1.165) is 6.42 Å². The van der Waals surface area contributed by atoms with E-state index in [-0.39, 0.29) is 11.6 Å². The largest absolute Gasteiger partial charge is 0.325 e. The molecule has 0 aliphatic carbocycles. The number of hydrogen-bond acceptors (Lipinski definition) is 2. The first-order valence-electron chi connectivity index (χ1n) is 4.67. The second-order valence-corrected chi connectivity index (χ2v) is 3.07. The van der Waals surface area contributed by atoms with Gasteiger partial charge in [0.2, 0.25) is 5.91 Å². The zero-order valence-corrected chi connectivity index (χ0v) is 8.34. The lowest BCUT2D eigenvalue weighted by atomic mass is 10.3. The summed E-state index contributed by atoms with van der Waals surface area (Å²) in [6, 6.07) is 2.62. The summed E-state index contributed by atoms with van der Waals surface area (Å²) in [5, 5.41) is 2.56. The van der Waals surface area contributed by atoms with E-state index in [4.69, 9.17) is 0 Å². The molecule has 1 aromatic rings. The molecule has 5 heteroatoms. The highest BCUT2D eigenvalue weighted by molar-refractivity contribution is 5.90. The van der Waals surface area contributed by atoms with Gasteiger partial charge in [0.05, 0.1) is 11.9 Å². The Bertz CT molecular complexity index is 325. The summed E-state index contributed by atoms with van der Waals surface area (Å²) in [5.41, 5.74) is 0.154. The number of nitrogens with zero attached hydrogens (tertiary/aromatic N) is 1. The number of amides is 1. The average molecular weight is 214 g/mol. The predicted molar refractivity (Wildman–Crippen MR) is 52.7 cm³/mol.